The van der Waals surface area contributed by atoms with Crippen molar-refractivity contribution in [3.05, 3.63) is 74.6 Å². The van der Waals surface area contributed by atoms with Gasteiger partial charge in [-0.2, -0.15) is 0 Å². The molecule has 0 radical (unpaired) electrons. The van der Waals surface area contributed by atoms with Gasteiger partial charge >= 0.3 is 5.63 Å². The Hall–Kier alpha value is -3.88. The number of non-ortho nitro benzene ring substituents is 1. The van der Waals surface area contributed by atoms with E-state index in [1.807, 2.05) is 24.3 Å². The molecule has 30 heavy (non-hydrogen) atoms. The third kappa shape index (κ3) is 3.57. The topological polar surface area (TPSA) is 106 Å². The molecule has 9 heteroatoms. The molecule has 0 spiro atoms. The number of hydrogen-bond acceptors (Lipinski definition) is 7. The lowest BCUT2D eigenvalue weighted by atomic mass is 10.1. The number of carbonyl (C=O) groups is 1. The number of benzene rings is 2. The molecular formula is C21H19N3O6. The first-order chi connectivity index (χ1) is 14.5. The molecule has 0 bridgehead atoms. The third-order valence-corrected chi connectivity index (χ3v) is 5.15. The molecule has 0 N–H and O–H groups in total. The van der Waals surface area contributed by atoms with Gasteiger partial charge in [-0.1, -0.05) is 12.1 Å². The lowest BCUT2D eigenvalue weighted by Crippen LogP contribution is -2.49. The van der Waals surface area contributed by atoms with Crippen LogP contribution in [0.5, 0.6) is 5.75 Å². The quantitative estimate of drug-likeness (QED) is 0.370. The number of rotatable bonds is 4. The summed E-state index contributed by atoms with van der Waals surface area (Å²) >= 11 is 0. The molecule has 1 saturated heterocycles. The van der Waals surface area contributed by atoms with Crippen LogP contribution in [0.25, 0.3) is 11.0 Å². The van der Waals surface area contributed by atoms with Crippen LogP contribution in [0.15, 0.2) is 57.7 Å². The highest BCUT2D eigenvalue weighted by Gasteiger charge is 2.26. The van der Waals surface area contributed by atoms with E-state index >= 15 is 0 Å². The third-order valence-electron chi connectivity index (χ3n) is 5.15. The number of ether oxygens (including phenoxy) is 1. The number of fused-ring (bicyclic) bond motifs is 1. The summed E-state index contributed by atoms with van der Waals surface area (Å²) in [6.07, 6.45) is 0. The van der Waals surface area contributed by atoms with E-state index in [2.05, 4.69) is 4.90 Å². The number of nitro groups is 1. The normalized spacial score (nSPS) is 14.0. The molecule has 0 saturated carbocycles. The Bertz CT molecular complexity index is 1180. The maximum Gasteiger partial charge on any atom is 0.349 e. The first-order valence-electron chi connectivity index (χ1n) is 9.37. The van der Waals surface area contributed by atoms with Crippen LogP contribution >= 0.6 is 0 Å². The van der Waals surface area contributed by atoms with Crippen molar-refractivity contribution in [2.45, 2.75) is 0 Å². The van der Waals surface area contributed by atoms with Crippen LogP contribution in [0, 0.1) is 10.1 Å². The zero-order valence-corrected chi connectivity index (χ0v) is 16.2. The van der Waals surface area contributed by atoms with Gasteiger partial charge in [0.05, 0.1) is 17.7 Å². The molecule has 2 heterocycles. The summed E-state index contributed by atoms with van der Waals surface area (Å²) in [5.41, 5.74) is 0.121. The minimum absolute atomic E-state index is 0.131. The predicted octanol–water partition coefficient (Wildman–Crippen LogP) is 2.67. The van der Waals surface area contributed by atoms with Gasteiger partial charge in [-0.05, 0) is 24.3 Å². The van der Waals surface area contributed by atoms with Crippen LogP contribution in [0.2, 0.25) is 0 Å². The van der Waals surface area contributed by atoms with Crippen molar-refractivity contribution >= 4 is 28.3 Å². The summed E-state index contributed by atoms with van der Waals surface area (Å²) in [5, 5.41) is 11.3. The minimum atomic E-state index is -0.756. The van der Waals surface area contributed by atoms with Crippen molar-refractivity contribution < 1.29 is 18.9 Å². The highest BCUT2D eigenvalue weighted by Crippen LogP contribution is 2.28. The highest BCUT2D eigenvalue weighted by molar-refractivity contribution is 5.97. The number of nitro benzene ring substituents is 1. The Morgan fingerprint density at radius 3 is 2.53 bits per heavy atom. The number of amides is 1. The van der Waals surface area contributed by atoms with E-state index in [-0.39, 0.29) is 16.8 Å². The summed E-state index contributed by atoms with van der Waals surface area (Å²) in [7, 11) is 1.61. The fraction of sp³-hybridized carbons (Fsp3) is 0.238. The van der Waals surface area contributed by atoms with Crippen LogP contribution in [0.1, 0.15) is 10.4 Å². The monoisotopic (exact) mass is 409 g/mol. The zero-order valence-electron chi connectivity index (χ0n) is 16.2. The van der Waals surface area contributed by atoms with E-state index in [4.69, 9.17) is 9.15 Å². The van der Waals surface area contributed by atoms with Crippen LogP contribution in [0.4, 0.5) is 11.4 Å². The van der Waals surface area contributed by atoms with E-state index in [1.165, 1.54) is 24.3 Å². The molecule has 0 unspecified atom stereocenters. The summed E-state index contributed by atoms with van der Waals surface area (Å²) in [6, 6.07) is 12.9. The van der Waals surface area contributed by atoms with Crippen molar-refractivity contribution in [2.24, 2.45) is 0 Å². The van der Waals surface area contributed by atoms with Crippen molar-refractivity contribution in [1.82, 2.24) is 4.90 Å². The standard InChI is InChI=1S/C21H19N3O6/c1-29-19-5-3-2-4-17(19)22-8-10-23(11-9-22)20(25)16-13-14-12-15(24(27)28)6-7-18(14)30-21(16)26/h2-7,12-13H,8-11H2,1H3. The Morgan fingerprint density at radius 1 is 1.10 bits per heavy atom. The van der Waals surface area contributed by atoms with Gasteiger partial charge in [0, 0.05) is 43.7 Å². The molecule has 154 valence electrons. The van der Waals surface area contributed by atoms with Gasteiger partial charge in [-0.3, -0.25) is 14.9 Å². The lowest BCUT2D eigenvalue weighted by Gasteiger charge is -2.36. The smallest absolute Gasteiger partial charge is 0.349 e. The van der Waals surface area contributed by atoms with Gasteiger partial charge in [-0.25, -0.2) is 4.79 Å². The molecule has 2 aromatic carbocycles. The van der Waals surface area contributed by atoms with Crippen molar-refractivity contribution in [2.75, 3.05) is 38.2 Å². The molecule has 4 rings (SSSR count). The minimum Gasteiger partial charge on any atom is -0.495 e. The second-order valence-corrected chi connectivity index (χ2v) is 6.88. The first kappa shape index (κ1) is 19.4. The Labute approximate surface area is 171 Å². The molecule has 9 nitrogen and oxygen atoms in total. The number of para-hydroxylation sites is 2. The number of carbonyl (C=O) groups excluding carboxylic acids is 1. The van der Waals surface area contributed by atoms with Gasteiger partial charge in [0.2, 0.25) is 0 Å². The second kappa shape index (κ2) is 7.86. The van der Waals surface area contributed by atoms with Crippen LogP contribution in [-0.4, -0.2) is 49.0 Å². The van der Waals surface area contributed by atoms with E-state index < -0.39 is 16.5 Å². The average molecular weight is 409 g/mol. The maximum absolute atomic E-state index is 12.9. The Kier molecular flexibility index (Phi) is 5.09. The number of methoxy groups -OCH3 is 1. The molecule has 1 aromatic heterocycles. The second-order valence-electron chi connectivity index (χ2n) is 6.88. The van der Waals surface area contributed by atoms with Gasteiger partial charge in [0.1, 0.15) is 16.9 Å². The molecule has 1 aliphatic heterocycles. The maximum atomic E-state index is 12.9. The van der Waals surface area contributed by atoms with Crippen LogP contribution < -0.4 is 15.3 Å². The van der Waals surface area contributed by atoms with Crippen LogP contribution in [-0.2, 0) is 0 Å². The average Bonchev–Trinajstić information content (AvgIpc) is 2.78. The van der Waals surface area contributed by atoms with E-state index in [0.29, 0.717) is 31.6 Å². The summed E-state index contributed by atoms with van der Waals surface area (Å²) < 4.78 is 10.6. The molecule has 1 aliphatic rings. The van der Waals surface area contributed by atoms with Gasteiger partial charge in [0.15, 0.2) is 0 Å². The van der Waals surface area contributed by atoms with Gasteiger partial charge in [0.25, 0.3) is 11.6 Å². The Morgan fingerprint density at radius 2 is 1.83 bits per heavy atom. The molecule has 0 atom stereocenters. The first-order valence-corrected chi connectivity index (χ1v) is 9.37. The van der Waals surface area contributed by atoms with Crippen LogP contribution in [0.3, 0.4) is 0 Å². The number of nitrogens with zero attached hydrogens (tertiary/aromatic N) is 3. The Balaban J connectivity index is 1.55. The highest BCUT2D eigenvalue weighted by atomic mass is 16.6. The summed E-state index contributed by atoms with van der Waals surface area (Å²) in [6.45, 7) is 2.00. The van der Waals surface area contributed by atoms with E-state index in [9.17, 15) is 19.7 Å². The van der Waals surface area contributed by atoms with Crippen molar-refractivity contribution in [3.63, 3.8) is 0 Å². The largest absolute Gasteiger partial charge is 0.495 e. The lowest BCUT2D eigenvalue weighted by molar-refractivity contribution is -0.384. The summed E-state index contributed by atoms with van der Waals surface area (Å²) in [4.78, 5) is 39.4. The fourth-order valence-electron chi connectivity index (χ4n) is 3.59. The number of anilines is 1. The van der Waals surface area contributed by atoms with Gasteiger partial charge < -0.3 is 19.0 Å². The summed E-state index contributed by atoms with van der Waals surface area (Å²) in [5.74, 6) is 0.311. The zero-order chi connectivity index (χ0) is 21.3. The van der Waals surface area contributed by atoms with E-state index in [0.717, 1.165) is 11.4 Å². The molecular weight excluding hydrogens is 390 g/mol. The number of hydrogen-bond donors (Lipinski definition) is 0. The fourth-order valence-corrected chi connectivity index (χ4v) is 3.59. The molecule has 1 fully saturated rings. The van der Waals surface area contributed by atoms with E-state index in [1.54, 1.807) is 12.0 Å². The van der Waals surface area contributed by atoms with Crippen molar-refractivity contribution in [1.29, 1.82) is 0 Å². The van der Waals surface area contributed by atoms with Gasteiger partial charge in [-0.15, -0.1) is 0 Å². The molecule has 0 aliphatic carbocycles. The molecule has 3 aromatic rings. The SMILES string of the molecule is COc1ccccc1N1CCN(C(=O)c2cc3cc([N+](=O)[O-])ccc3oc2=O)CC1. The predicted molar refractivity (Wildman–Crippen MR) is 110 cm³/mol. The molecule has 1 amide bonds. The number of piperazine rings is 1. The van der Waals surface area contributed by atoms with Crippen molar-refractivity contribution in [3.8, 4) is 5.75 Å².